The standard InChI is InChI=1S/C52H80N10O14S/c1-7-30(6)44(62-50(74)39(23-29(4)5)58-45(69)35(54)24-31-11-15-33(63)16-12-31)52(76)61-41(27-77)51(75)56-36(10-8-9-21-53)47(71)60-40(25-32-13-17-34(64)18-14-32)49(73)59-38(22-28(2)3)48(72)57-37(19-20-42(65)66)46(70)55-26-43(67)68/h11-18,28-30,35-41,44,63-64,77H,7-10,19-27,53-54H2,1-6H3,(H,55,70)(H,56,75)(H,57,72)(H,58,69)(H,59,73)(H,60,71)(H,61,76)(H,62,74)(H,65,66)(H,67,68)/t30-,35-,36-,37-,38-,39-,40-,41-,44-/m0/s1. The number of nitrogens with one attached hydrogen (secondary N) is 8. The third kappa shape index (κ3) is 24.7. The van der Waals surface area contributed by atoms with Crippen LogP contribution in [-0.4, -0.2) is 147 Å². The van der Waals surface area contributed by atoms with E-state index in [0.717, 1.165) is 0 Å². The number of aromatic hydroxyl groups is 2. The molecule has 9 atom stereocenters. The molecule has 25 heteroatoms. The monoisotopic (exact) mass is 1100 g/mol. The molecule has 2 aromatic rings. The van der Waals surface area contributed by atoms with E-state index in [1.165, 1.54) is 36.4 Å². The number of benzene rings is 2. The lowest BCUT2D eigenvalue weighted by molar-refractivity contribution is -0.140. The summed E-state index contributed by atoms with van der Waals surface area (Å²) in [5.41, 5.74) is 13.1. The summed E-state index contributed by atoms with van der Waals surface area (Å²) in [5.74, 6) is -10.3. The van der Waals surface area contributed by atoms with Gasteiger partial charge in [-0.25, -0.2) is 0 Å². The molecule has 0 aliphatic carbocycles. The Morgan fingerprint density at radius 3 is 1.43 bits per heavy atom. The highest BCUT2D eigenvalue weighted by Crippen LogP contribution is 2.16. The Hall–Kier alpha value is -6.99. The van der Waals surface area contributed by atoms with Gasteiger partial charge in [0.2, 0.25) is 47.3 Å². The van der Waals surface area contributed by atoms with Crippen molar-refractivity contribution in [1.82, 2.24) is 42.5 Å². The summed E-state index contributed by atoms with van der Waals surface area (Å²) in [6.45, 7) is 10.1. The third-order valence-corrected chi connectivity index (χ3v) is 12.7. The van der Waals surface area contributed by atoms with E-state index in [2.05, 4.69) is 55.2 Å². The quantitative estimate of drug-likeness (QED) is 0.0316. The molecule has 0 aliphatic heterocycles. The molecule has 24 nitrogen and oxygen atoms in total. The van der Waals surface area contributed by atoms with E-state index in [9.17, 15) is 63.3 Å². The Bertz CT molecular complexity index is 2290. The van der Waals surface area contributed by atoms with Gasteiger partial charge in [0.15, 0.2) is 0 Å². The van der Waals surface area contributed by atoms with Gasteiger partial charge in [-0.2, -0.15) is 12.6 Å². The molecule has 0 unspecified atom stereocenters. The zero-order valence-electron chi connectivity index (χ0n) is 44.6. The average molecular weight is 1100 g/mol. The number of carbonyl (C=O) groups is 10. The molecule has 0 saturated carbocycles. The summed E-state index contributed by atoms with van der Waals surface area (Å²) in [5, 5.41) is 58.5. The molecule has 0 saturated heterocycles. The Balaban J connectivity index is 2.41. The number of phenolic OH excluding ortho intramolecular Hbond substituents is 2. The maximum Gasteiger partial charge on any atom is 0.322 e. The number of thiol groups is 1. The summed E-state index contributed by atoms with van der Waals surface area (Å²) >= 11 is 4.33. The van der Waals surface area contributed by atoms with Crippen molar-refractivity contribution in [2.45, 2.75) is 154 Å². The van der Waals surface area contributed by atoms with Crippen molar-refractivity contribution in [2.75, 3.05) is 18.8 Å². The van der Waals surface area contributed by atoms with Crippen molar-refractivity contribution in [2.24, 2.45) is 29.2 Å². The molecule has 2 rings (SSSR count). The fraction of sp³-hybridized carbons (Fsp3) is 0.577. The van der Waals surface area contributed by atoms with Crippen molar-refractivity contribution in [3.05, 3.63) is 59.7 Å². The van der Waals surface area contributed by atoms with Gasteiger partial charge in [0.25, 0.3) is 0 Å². The SMILES string of the molecule is CC[C@H](C)[C@H](NC(=O)[C@H](CC(C)C)NC(=O)[C@@H](N)Cc1ccc(O)cc1)C(=O)N[C@@H](CS)C(=O)N[C@@H](CCCCN)C(=O)N[C@@H](Cc1ccc(O)cc1)C(=O)N[C@@H](CC(C)C)C(=O)N[C@@H](CCC(=O)O)C(=O)NCC(=O)O. The Labute approximate surface area is 454 Å². The highest BCUT2D eigenvalue weighted by atomic mass is 32.1. The van der Waals surface area contributed by atoms with Crippen LogP contribution in [0.4, 0.5) is 0 Å². The predicted molar refractivity (Wildman–Crippen MR) is 288 cm³/mol. The molecule has 428 valence electrons. The normalized spacial score (nSPS) is 14.7. The predicted octanol–water partition coefficient (Wildman–Crippen LogP) is -0.133. The molecule has 2 aromatic carbocycles. The highest BCUT2D eigenvalue weighted by Gasteiger charge is 2.36. The molecule has 8 amide bonds. The fourth-order valence-corrected chi connectivity index (χ4v) is 8.08. The summed E-state index contributed by atoms with van der Waals surface area (Å²) in [7, 11) is 0. The largest absolute Gasteiger partial charge is 0.508 e. The molecule has 0 radical (unpaired) electrons. The maximum atomic E-state index is 14.3. The van der Waals surface area contributed by atoms with Gasteiger partial charge in [-0.05, 0) is 105 Å². The second kappa shape index (κ2) is 33.9. The van der Waals surface area contributed by atoms with Crippen LogP contribution in [0.5, 0.6) is 11.5 Å². The Kier molecular flexibility index (Phi) is 29.1. The highest BCUT2D eigenvalue weighted by molar-refractivity contribution is 7.80. The van der Waals surface area contributed by atoms with Crippen LogP contribution in [0.25, 0.3) is 0 Å². The first-order valence-corrected chi connectivity index (χ1v) is 26.4. The van der Waals surface area contributed by atoms with Crippen LogP contribution in [0, 0.1) is 17.8 Å². The number of carboxylic acids is 2. The van der Waals surface area contributed by atoms with E-state index in [0.29, 0.717) is 30.4 Å². The summed E-state index contributed by atoms with van der Waals surface area (Å²) < 4.78 is 0. The van der Waals surface area contributed by atoms with E-state index < -0.39 is 133 Å². The van der Waals surface area contributed by atoms with Gasteiger partial charge >= 0.3 is 11.9 Å². The molecule has 0 aromatic heterocycles. The number of amides is 8. The van der Waals surface area contributed by atoms with Crippen molar-refractivity contribution in [3.63, 3.8) is 0 Å². The second-order valence-electron chi connectivity index (χ2n) is 19.9. The van der Waals surface area contributed by atoms with Gasteiger partial charge in [0.05, 0.1) is 6.04 Å². The first-order valence-electron chi connectivity index (χ1n) is 25.7. The third-order valence-electron chi connectivity index (χ3n) is 12.3. The number of hydrogen-bond acceptors (Lipinski definition) is 15. The second-order valence-corrected chi connectivity index (χ2v) is 20.2. The minimum Gasteiger partial charge on any atom is -0.508 e. The van der Waals surface area contributed by atoms with E-state index in [-0.39, 0.29) is 67.7 Å². The Morgan fingerprint density at radius 2 is 0.948 bits per heavy atom. The zero-order chi connectivity index (χ0) is 57.9. The Morgan fingerprint density at radius 1 is 0.519 bits per heavy atom. The van der Waals surface area contributed by atoms with Crippen LogP contribution in [-0.2, 0) is 60.8 Å². The van der Waals surface area contributed by atoms with Crippen LogP contribution in [0.1, 0.15) is 104 Å². The number of nitrogens with two attached hydrogens (primary N) is 2. The number of hydrogen-bond donors (Lipinski definition) is 15. The van der Waals surface area contributed by atoms with Gasteiger partial charge in [0, 0.05) is 18.6 Å². The lowest BCUT2D eigenvalue weighted by Gasteiger charge is -2.29. The smallest absolute Gasteiger partial charge is 0.322 e. The van der Waals surface area contributed by atoms with Crippen LogP contribution in [0.2, 0.25) is 0 Å². The van der Waals surface area contributed by atoms with Gasteiger partial charge in [0.1, 0.15) is 60.3 Å². The van der Waals surface area contributed by atoms with E-state index >= 15 is 0 Å². The fourth-order valence-electron chi connectivity index (χ4n) is 7.83. The van der Waals surface area contributed by atoms with Crippen molar-refractivity contribution in [1.29, 1.82) is 0 Å². The zero-order valence-corrected chi connectivity index (χ0v) is 45.5. The molecular formula is C52H80N10O14S. The lowest BCUT2D eigenvalue weighted by atomic mass is 9.96. The number of phenols is 2. The van der Waals surface area contributed by atoms with E-state index in [1.54, 1.807) is 39.8 Å². The first-order chi connectivity index (χ1) is 36.3. The van der Waals surface area contributed by atoms with Gasteiger partial charge in [-0.3, -0.25) is 47.9 Å². The van der Waals surface area contributed by atoms with E-state index in [4.69, 9.17) is 16.6 Å². The molecule has 0 bridgehead atoms. The van der Waals surface area contributed by atoms with Gasteiger partial charge < -0.3 is 74.4 Å². The first kappa shape index (κ1) is 66.1. The van der Waals surface area contributed by atoms with Crippen LogP contribution < -0.4 is 54.0 Å². The van der Waals surface area contributed by atoms with Crippen molar-refractivity contribution in [3.8, 4) is 11.5 Å². The van der Waals surface area contributed by atoms with Crippen LogP contribution >= 0.6 is 12.6 Å². The molecule has 0 fully saturated rings. The lowest BCUT2D eigenvalue weighted by Crippen LogP contribution is -2.61. The summed E-state index contributed by atoms with van der Waals surface area (Å²) in [6.07, 6.45) is 0.245. The summed E-state index contributed by atoms with van der Waals surface area (Å²) in [6, 6.07) is 1.45. The van der Waals surface area contributed by atoms with Gasteiger partial charge in [-0.15, -0.1) is 0 Å². The minimum absolute atomic E-state index is 0.00270. The average Bonchev–Trinajstić information content (AvgIpc) is 3.37. The maximum absolute atomic E-state index is 14.3. The molecular weight excluding hydrogens is 1020 g/mol. The molecule has 77 heavy (non-hydrogen) atoms. The summed E-state index contributed by atoms with van der Waals surface area (Å²) in [4.78, 5) is 133. The molecule has 16 N–H and O–H groups in total. The number of unbranched alkanes of at least 4 members (excludes halogenated alkanes) is 1. The molecule has 0 heterocycles. The molecule has 0 spiro atoms. The number of rotatable bonds is 35. The van der Waals surface area contributed by atoms with Gasteiger partial charge in [-0.1, -0.05) is 72.2 Å². The van der Waals surface area contributed by atoms with Crippen molar-refractivity contribution < 1.29 is 68.4 Å². The molecule has 0 aliphatic rings. The van der Waals surface area contributed by atoms with Crippen LogP contribution in [0.15, 0.2) is 48.5 Å². The van der Waals surface area contributed by atoms with Crippen molar-refractivity contribution >= 4 is 71.8 Å². The number of aliphatic carboxylic acids is 2. The minimum atomic E-state index is -1.50. The van der Waals surface area contributed by atoms with E-state index in [1.807, 2.05) is 13.8 Å². The number of carbonyl (C=O) groups excluding carboxylic acids is 8. The number of carboxylic acid groups (broad SMARTS) is 2. The topological polar surface area (TPSA) is 400 Å². The van der Waals surface area contributed by atoms with Crippen LogP contribution in [0.3, 0.4) is 0 Å².